The molecule has 164 valence electrons. The summed E-state index contributed by atoms with van der Waals surface area (Å²) in [5.41, 5.74) is 1.30. The number of furan rings is 2. The smallest absolute Gasteiger partial charge is 0.261 e. The van der Waals surface area contributed by atoms with Gasteiger partial charge in [0.05, 0.1) is 19.4 Å². The van der Waals surface area contributed by atoms with Gasteiger partial charge in [0.1, 0.15) is 23.0 Å². The van der Waals surface area contributed by atoms with E-state index in [0.717, 1.165) is 17.3 Å². The molecular formula is C26H31NO4. The van der Waals surface area contributed by atoms with Crippen LogP contribution in [0.5, 0.6) is 5.75 Å². The molecule has 0 aliphatic heterocycles. The van der Waals surface area contributed by atoms with Gasteiger partial charge in [0.2, 0.25) is 0 Å². The van der Waals surface area contributed by atoms with Crippen LogP contribution in [0.2, 0.25) is 0 Å². The van der Waals surface area contributed by atoms with Crippen LogP contribution >= 0.6 is 0 Å². The fraction of sp³-hybridized carbons (Fsp3) is 0.423. The van der Waals surface area contributed by atoms with Gasteiger partial charge in [-0.15, -0.1) is 0 Å². The second-order valence-corrected chi connectivity index (χ2v) is 9.52. The number of carbonyl (C=O) groups excluding carboxylic acids is 1. The van der Waals surface area contributed by atoms with Gasteiger partial charge in [-0.2, -0.15) is 0 Å². The standard InChI is InChI=1S/C26H31NO4/c1-18-14-23(18)24-12-11-22(31-24)16-27(15-21-6-5-13-29-21)25(28)17-30-20-9-7-19(8-10-20)26(2,3)4/h5-13,18,23H,14-17H2,1-4H3. The topological polar surface area (TPSA) is 55.8 Å². The van der Waals surface area contributed by atoms with Crippen LogP contribution in [-0.2, 0) is 23.3 Å². The number of amides is 1. The molecule has 1 amide bonds. The molecule has 0 saturated heterocycles. The Labute approximate surface area is 184 Å². The minimum absolute atomic E-state index is 0.0389. The van der Waals surface area contributed by atoms with Crippen molar-refractivity contribution in [2.45, 2.75) is 58.5 Å². The lowest BCUT2D eigenvalue weighted by Gasteiger charge is -2.21. The van der Waals surface area contributed by atoms with Crippen LogP contribution in [-0.4, -0.2) is 17.4 Å². The third-order valence-corrected chi connectivity index (χ3v) is 5.87. The number of benzene rings is 1. The van der Waals surface area contributed by atoms with Crippen molar-refractivity contribution >= 4 is 5.91 Å². The summed E-state index contributed by atoms with van der Waals surface area (Å²) in [6.07, 6.45) is 2.79. The molecule has 5 nitrogen and oxygen atoms in total. The molecule has 0 N–H and O–H groups in total. The molecular weight excluding hydrogens is 390 g/mol. The predicted octanol–water partition coefficient (Wildman–Crippen LogP) is 5.90. The predicted molar refractivity (Wildman–Crippen MR) is 119 cm³/mol. The Hall–Kier alpha value is -2.95. The van der Waals surface area contributed by atoms with Gasteiger partial charge in [-0.3, -0.25) is 4.79 Å². The van der Waals surface area contributed by atoms with E-state index in [1.807, 2.05) is 48.5 Å². The Morgan fingerprint density at radius 1 is 1.06 bits per heavy atom. The first-order valence-electron chi connectivity index (χ1n) is 10.9. The van der Waals surface area contributed by atoms with Gasteiger partial charge < -0.3 is 18.5 Å². The molecule has 0 radical (unpaired) electrons. The zero-order chi connectivity index (χ0) is 22.0. The number of nitrogens with zero attached hydrogens (tertiary/aromatic N) is 1. The zero-order valence-corrected chi connectivity index (χ0v) is 18.8. The van der Waals surface area contributed by atoms with Crippen LogP contribution < -0.4 is 4.74 Å². The fourth-order valence-electron chi connectivity index (χ4n) is 3.70. The minimum Gasteiger partial charge on any atom is -0.484 e. The molecule has 0 spiro atoms. The Bertz CT molecular complexity index is 995. The van der Waals surface area contributed by atoms with Crippen LogP contribution in [0.1, 0.15) is 62.9 Å². The lowest BCUT2D eigenvalue weighted by Crippen LogP contribution is -2.33. The summed E-state index contributed by atoms with van der Waals surface area (Å²) in [5.74, 6) is 4.29. The molecule has 2 aromatic heterocycles. The quantitative estimate of drug-likeness (QED) is 0.454. The molecule has 4 rings (SSSR count). The molecule has 2 atom stereocenters. The first-order chi connectivity index (χ1) is 14.8. The van der Waals surface area contributed by atoms with Crippen LogP contribution in [0, 0.1) is 5.92 Å². The third kappa shape index (κ3) is 5.40. The van der Waals surface area contributed by atoms with Gasteiger partial charge in [0.25, 0.3) is 5.91 Å². The van der Waals surface area contributed by atoms with E-state index in [0.29, 0.717) is 30.7 Å². The monoisotopic (exact) mass is 421 g/mol. The van der Waals surface area contributed by atoms with Crippen molar-refractivity contribution in [1.29, 1.82) is 0 Å². The van der Waals surface area contributed by atoms with Crippen molar-refractivity contribution in [2.75, 3.05) is 6.61 Å². The molecule has 0 bridgehead atoms. The van der Waals surface area contributed by atoms with Crippen molar-refractivity contribution in [3.63, 3.8) is 0 Å². The Balaban J connectivity index is 1.40. The third-order valence-electron chi connectivity index (χ3n) is 5.87. The Morgan fingerprint density at radius 3 is 2.39 bits per heavy atom. The zero-order valence-electron chi connectivity index (χ0n) is 18.8. The van der Waals surface area contributed by atoms with E-state index in [1.165, 1.54) is 12.0 Å². The lowest BCUT2D eigenvalue weighted by molar-refractivity contribution is -0.135. The summed E-state index contributed by atoms with van der Waals surface area (Å²) in [5, 5.41) is 0. The number of rotatable bonds is 8. The van der Waals surface area contributed by atoms with Crippen molar-refractivity contribution in [1.82, 2.24) is 4.90 Å². The second-order valence-electron chi connectivity index (χ2n) is 9.52. The molecule has 2 unspecified atom stereocenters. The van der Waals surface area contributed by atoms with Crippen LogP contribution in [0.4, 0.5) is 0 Å². The number of hydrogen-bond donors (Lipinski definition) is 0. The van der Waals surface area contributed by atoms with E-state index in [1.54, 1.807) is 11.2 Å². The van der Waals surface area contributed by atoms with Crippen molar-refractivity contribution in [3.8, 4) is 5.75 Å². The maximum atomic E-state index is 13.0. The highest BCUT2D eigenvalue weighted by Gasteiger charge is 2.36. The SMILES string of the molecule is CC1CC1c1ccc(CN(Cc2ccco2)C(=O)COc2ccc(C(C)(C)C)cc2)o1. The number of hydrogen-bond acceptors (Lipinski definition) is 4. The van der Waals surface area contributed by atoms with Crippen LogP contribution in [0.15, 0.2) is 63.6 Å². The molecule has 1 fully saturated rings. The molecule has 1 saturated carbocycles. The van der Waals surface area contributed by atoms with Gasteiger partial charge in [0.15, 0.2) is 6.61 Å². The molecule has 1 aromatic carbocycles. The number of ether oxygens (including phenoxy) is 1. The first kappa shape index (κ1) is 21.3. The minimum atomic E-state index is -0.117. The summed E-state index contributed by atoms with van der Waals surface area (Å²) in [6.45, 7) is 9.45. The van der Waals surface area contributed by atoms with Gasteiger partial charge in [-0.25, -0.2) is 0 Å². The summed E-state index contributed by atoms with van der Waals surface area (Å²) in [6, 6.07) is 15.6. The van der Waals surface area contributed by atoms with Crippen LogP contribution in [0.3, 0.4) is 0 Å². The van der Waals surface area contributed by atoms with Crippen molar-refractivity contribution < 1.29 is 18.4 Å². The molecule has 1 aliphatic rings. The normalized spacial score (nSPS) is 18.1. The Morgan fingerprint density at radius 2 is 1.77 bits per heavy atom. The highest BCUT2D eigenvalue weighted by Crippen LogP contribution is 2.47. The van der Waals surface area contributed by atoms with E-state index >= 15 is 0 Å². The van der Waals surface area contributed by atoms with E-state index < -0.39 is 0 Å². The summed E-state index contributed by atoms with van der Waals surface area (Å²) in [4.78, 5) is 14.7. The van der Waals surface area contributed by atoms with E-state index in [2.05, 4.69) is 27.7 Å². The first-order valence-corrected chi connectivity index (χ1v) is 10.9. The molecule has 1 aliphatic carbocycles. The average Bonchev–Trinajstić information content (AvgIpc) is 3.12. The van der Waals surface area contributed by atoms with Gasteiger partial charge in [-0.1, -0.05) is 39.8 Å². The molecule has 31 heavy (non-hydrogen) atoms. The van der Waals surface area contributed by atoms with E-state index in [4.69, 9.17) is 13.6 Å². The van der Waals surface area contributed by atoms with Crippen molar-refractivity contribution in [3.05, 3.63) is 77.6 Å². The summed E-state index contributed by atoms with van der Waals surface area (Å²) < 4.78 is 17.3. The fourth-order valence-corrected chi connectivity index (χ4v) is 3.70. The van der Waals surface area contributed by atoms with Gasteiger partial charge >= 0.3 is 0 Å². The average molecular weight is 422 g/mol. The van der Waals surface area contributed by atoms with Gasteiger partial charge in [0, 0.05) is 5.92 Å². The lowest BCUT2D eigenvalue weighted by atomic mass is 9.87. The van der Waals surface area contributed by atoms with E-state index in [9.17, 15) is 4.79 Å². The van der Waals surface area contributed by atoms with Gasteiger partial charge in [-0.05, 0) is 59.7 Å². The second kappa shape index (κ2) is 8.66. The summed E-state index contributed by atoms with van der Waals surface area (Å²) >= 11 is 0. The maximum Gasteiger partial charge on any atom is 0.261 e. The highest BCUT2D eigenvalue weighted by atomic mass is 16.5. The molecule has 3 aromatic rings. The van der Waals surface area contributed by atoms with Crippen molar-refractivity contribution in [2.24, 2.45) is 5.92 Å². The highest BCUT2D eigenvalue weighted by molar-refractivity contribution is 5.77. The summed E-state index contributed by atoms with van der Waals surface area (Å²) in [7, 11) is 0. The maximum absolute atomic E-state index is 13.0. The molecule has 5 heteroatoms. The van der Waals surface area contributed by atoms with E-state index in [-0.39, 0.29) is 17.9 Å². The number of carbonyl (C=O) groups is 1. The molecule has 2 heterocycles. The Kier molecular flexibility index (Phi) is 5.94. The van der Waals surface area contributed by atoms with Crippen LogP contribution in [0.25, 0.3) is 0 Å². The largest absolute Gasteiger partial charge is 0.484 e.